The number of hydrogen-bond acceptors (Lipinski definition) is 1. The van der Waals surface area contributed by atoms with Crippen LogP contribution in [0.3, 0.4) is 0 Å². The van der Waals surface area contributed by atoms with Gasteiger partial charge in [-0.15, -0.1) is 0 Å². The SMILES string of the molecule is CCCCC=[NH+]c1ccc(N(C)C)cc1. The Labute approximate surface area is 92.6 Å². The van der Waals surface area contributed by atoms with Crippen LogP contribution in [0.15, 0.2) is 24.3 Å². The fourth-order valence-corrected chi connectivity index (χ4v) is 1.35. The quantitative estimate of drug-likeness (QED) is 0.572. The minimum absolute atomic E-state index is 1.13. The molecule has 1 aromatic rings. The van der Waals surface area contributed by atoms with Crippen LogP contribution in [0.2, 0.25) is 0 Å². The lowest BCUT2D eigenvalue weighted by Gasteiger charge is -2.10. The monoisotopic (exact) mass is 205 g/mol. The van der Waals surface area contributed by atoms with E-state index in [1.165, 1.54) is 18.5 Å². The molecule has 82 valence electrons. The molecule has 0 spiro atoms. The van der Waals surface area contributed by atoms with Gasteiger partial charge in [0.05, 0.1) is 0 Å². The normalized spacial score (nSPS) is 10.9. The van der Waals surface area contributed by atoms with Crippen LogP contribution in [0, 0.1) is 0 Å². The molecule has 0 unspecified atom stereocenters. The molecule has 0 radical (unpaired) electrons. The molecular formula is C13H21N2+. The predicted molar refractivity (Wildman–Crippen MR) is 67.0 cm³/mol. The summed E-state index contributed by atoms with van der Waals surface area (Å²) in [5.74, 6) is 0. The highest BCUT2D eigenvalue weighted by molar-refractivity contribution is 5.54. The Balaban J connectivity index is 2.53. The van der Waals surface area contributed by atoms with Crippen molar-refractivity contribution in [3.05, 3.63) is 24.3 Å². The van der Waals surface area contributed by atoms with Crippen molar-refractivity contribution in [1.29, 1.82) is 0 Å². The summed E-state index contributed by atoms with van der Waals surface area (Å²) in [4.78, 5) is 5.40. The lowest BCUT2D eigenvalue weighted by Crippen LogP contribution is -2.61. The van der Waals surface area contributed by atoms with Crippen molar-refractivity contribution in [2.45, 2.75) is 26.2 Å². The number of benzene rings is 1. The molecule has 0 aliphatic carbocycles. The van der Waals surface area contributed by atoms with Gasteiger partial charge in [0.25, 0.3) is 0 Å². The summed E-state index contributed by atoms with van der Waals surface area (Å²) in [6.07, 6.45) is 5.76. The van der Waals surface area contributed by atoms with E-state index in [0.29, 0.717) is 0 Å². The maximum absolute atomic E-state index is 3.30. The van der Waals surface area contributed by atoms with Crippen LogP contribution in [0.5, 0.6) is 0 Å². The van der Waals surface area contributed by atoms with Gasteiger partial charge >= 0.3 is 0 Å². The number of nitrogens with one attached hydrogen (secondary N) is 1. The highest BCUT2D eigenvalue weighted by Crippen LogP contribution is 2.11. The Bertz CT molecular complexity index is 299. The molecule has 2 heteroatoms. The zero-order valence-corrected chi connectivity index (χ0v) is 9.96. The first kappa shape index (κ1) is 11.8. The molecule has 0 aromatic heterocycles. The zero-order chi connectivity index (χ0) is 11.1. The van der Waals surface area contributed by atoms with Gasteiger partial charge in [-0.25, -0.2) is 4.99 Å². The lowest BCUT2D eigenvalue weighted by atomic mass is 10.2. The van der Waals surface area contributed by atoms with Crippen LogP contribution >= 0.6 is 0 Å². The van der Waals surface area contributed by atoms with E-state index in [0.717, 1.165) is 12.1 Å². The topological polar surface area (TPSA) is 17.2 Å². The van der Waals surface area contributed by atoms with E-state index in [-0.39, 0.29) is 0 Å². The summed E-state index contributed by atoms with van der Waals surface area (Å²) < 4.78 is 0. The Kier molecular flexibility index (Phi) is 4.88. The second kappa shape index (κ2) is 6.23. The molecule has 2 nitrogen and oxygen atoms in total. The fourth-order valence-electron chi connectivity index (χ4n) is 1.35. The van der Waals surface area contributed by atoms with Crippen LogP contribution < -0.4 is 9.89 Å². The van der Waals surface area contributed by atoms with Gasteiger partial charge < -0.3 is 4.90 Å². The molecule has 15 heavy (non-hydrogen) atoms. The summed E-state index contributed by atoms with van der Waals surface area (Å²) in [5.41, 5.74) is 2.39. The smallest absolute Gasteiger partial charge is 0.203 e. The third-order valence-electron chi connectivity index (χ3n) is 2.35. The maximum Gasteiger partial charge on any atom is 0.203 e. The van der Waals surface area contributed by atoms with Gasteiger partial charge in [-0.1, -0.05) is 13.3 Å². The molecular weight excluding hydrogens is 184 g/mol. The zero-order valence-electron chi connectivity index (χ0n) is 9.96. The molecule has 0 aliphatic rings. The maximum atomic E-state index is 3.30. The minimum atomic E-state index is 1.13. The van der Waals surface area contributed by atoms with Gasteiger partial charge in [0.1, 0.15) is 6.21 Å². The van der Waals surface area contributed by atoms with Gasteiger partial charge in [0.15, 0.2) is 0 Å². The number of unbranched alkanes of at least 4 members (excludes halogenated alkanes) is 2. The molecule has 0 saturated carbocycles. The van der Waals surface area contributed by atoms with Crippen LogP contribution in [0.1, 0.15) is 26.2 Å². The van der Waals surface area contributed by atoms with E-state index in [1.54, 1.807) is 0 Å². The van der Waals surface area contributed by atoms with E-state index >= 15 is 0 Å². The second-order valence-electron chi connectivity index (χ2n) is 3.93. The number of nitrogens with zero attached hydrogens (tertiary/aromatic N) is 1. The van der Waals surface area contributed by atoms with E-state index in [2.05, 4.69) is 61.4 Å². The van der Waals surface area contributed by atoms with E-state index in [4.69, 9.17) is 0 Å². The van der Waals surface area contributed by atoms with Crippen molar-refractivity contribution >= 4 is 17.6 Å². The molecule has 0 saturated heterocycles. The first-order chi connectivity index (χ1) is 7.24. The van der Waals surface area contributed by atoms with E-state index in [1.807, 2.05) is 0 Å². The molecule has 1 aromatic carbocycles. The van der Waals surface area contributed by atoms with Crippen molar-refractivity contribution in [2.75, 3.05) is 19.0 Å². The van der Waals surface area contributed by atoms with E-state index < -0.39 is 0 Å². The average Bonchev–Trinajstić information content (AvgIpc) is 2.25. The molecule has 0 amide bonds. The molecule has 1 N–H and O–H groups in total. The summed E-state index contributed by atoms with van der Waals surface area (Å²) in [6, 6.07) is 8.46. The molecule has 0 fully saturated rings. The predicted octanol–water partition coefficient (Wildman–Crippen LogP) is 1.73. The number of hydrogen-bond donors (Lipinski definition) is 1. The minimum Gasteiger partial charge on any atom is -0.378 e. The van der Waals surface area contributed by atoms with Crippen LogP contribution in [-0.4, -0.2) is 20.3 Å². The fraction of sp³-hybridized carbons (Fsp3) is 0.462. The van der Waals surface area contributed by atoms with Crippen molar-refractivity contribution < 1.29 is 4.99 Å². The summed E-state index contributed by atoms with van der Waals surface area (Å²) >= 11 is 0. The highest BCUT2D eigenvalue weighted by Gasteiger charge is 1.97. The third-order valence-corrected chi connectivity index (χ3v) is 2.35. The third kappa shape index (κ3) is 4.15. The Morgan fingerprint density at radius 3 is 2.40 bits per heavy atom. The lowest BCUT2D eigenvalue weighted by molar-refractivity contribution is -0.349. The Morgan fingerprint density at radius 1 is 1.20 bits per heavy atom. The molecule has 0 heterocycles. The van der Waals surface area contributed by atoms with Gasteiger partial charge in [0.2, 0.25) is 5.69 Å². The summed E-state index contributed by atoms with van der Waals surface area (Å²) in [7, 11) is 4.10. The van der Waals surface area contributed by atoms with Crippen LogP contribution in [-0.2, 0) is 0 Å². The van der Waals surface area contributed by atoms with Gasteiger partial charge in [0, 0.05) is 38.3 Å². The first-order valence-corrected chi connectivity index (χ1v) is 5.59. The van der Waals surface area contributed by atoms with Gasteiger partial charge in [-0.3, -0.25) is 0 Å². The second-order valence-corrected chi connectivity index (χ2v) is 3.93. The molecule has 1 rings (SSSR count). The van der Waals surface area contributed by atoms with Crippen molar-refractivity contribution in [1.82, 2.24) is 0 Å². The largest absolute Gasteiger partial charge is 0.378 e. The Morgan fingerprint density at radius 2 is 1.87 bits per heavy atom. The van der Waals surface area contributed by atoms with Crippen molar-refractivity contribution in [3.63, 3.8) is 0 Å². The van der Waals surface area contributed by atoms with Crippen molar-refractivity contribution in [2.24, 2.45) is 0 Å². The molecule has 0 bridgehead atoms. The standard InChI is InChI=1S/C13H20N2/c1-4-5-6-11-14-12-7-9-13(10-8-12)15(2)3/h7-11H,4-6H2,1-3H3/p+1. The van der Waals surface area contributed by atoms with Crippen LogP contribution in [0.25, 0.3) is 0 Å². The molecule has 0 aliphatic heterocycles. The first-order valence-electron chi connectivity index (χ1n) is 5.59. The summed E-state index contributed by atoms with van der Waals surface area (Å²) in [5, 5.41) is 0. The van der Waals surface area contributed by atoms with Gasteiger partial charge in [-0.05, 0) is 18.6 Å². The van der Waals surface area contributed by atoms with E-state index in [9.17, 15) is 0 Å². The average molecular weight is 205 g/mol. The van der Waals surface area contributed by atoms with Crippen LogP contribution in [0.4, 0.5) is 11.4 Å². The number of rotatable bonds is 5. The highest BCUT2D eigenvalue weighted by atomic mass is 15.1. The van der Waals surface area contributed by atoms with Crippen molar-refractivity contribution in [3.8, 4) is 0 Å². The number of anilines is 1. The molecule has 0 atom stereocenters. The Hall–Kier alpha value is -1.31. The van der Waals surface area contributed by atoms with Gasteiger partial charge in [-0.2, -0.15) is 0 Å². The summed E-state index contributed by atoms with van der Waals surface area (Å²) in [6.45, 7) is 2.21.